The molecule has 0 radical (unpaired) electrons. The molecule has 0 saturated carbocycles. The molecule has 6 nitrogen and oxygen atoms in total. The van der Waals surface area contributed by atoms with E-state index in [9.17, 15) is 0 Å². The van der Waals surface area contributed by atoms with Gasteiger partial charge in [0, 0.05) is 24.8 Å². The average molecular weight is 372 g/mol. The Morgan fingerprint density at radius 1 is 1.23 bits per heavy atom. The Bertz CT molecular complexity index is 898. The van der Waals surface area contributed by atoms with Gasteiger partial charge in [-0.2, -0.15) is 0 Å². The molecule has 0 spiro atoms. The highest BCUT2D eigenvalue weighted by molar-refractivity contribution is 5.86. The summed E-state index contributed by atoms with van der Waals surface area (Å²) >= 11 is 0. The zero-order valence-corrected chi connectivity index (χ0v) is 15.4. The highest BCUT2D eigenvalue weighted by Gasteiger charge is 2.20. The van der Waals surface area contributed by atoms with Gasteiger partial charge in [0.2, 0.25) is 0 Å². The quantitative estimate of drug-likeness (QED) is 0.759. The maximum absolute atomic E-state index is 5.94. The molecular formula is C19H22ClN5O. The topological polar surface area (TPSA) is 77.2 Å². The molecule has 26 heavy (non-hydrogen) atoms. The second-order valence-corrected chi connectivity index (χ2v) is 6.46. The van der Waals surface area contributed by atoms with Gasteiger partial charge in [-0.1, -0.05) is 18.2 Å². The molecule has 2 N–H and O–H groups in total. The van der Waals surface area contributed by atoms with Gasteiger partial charge in [0.05, 0.1) is 17.8 Å². The van der Waals surface area contributed by atoms with Crippen molar-refractivity contribution >= 4 is 29.3 Å². The molecule has 4 rings (SSSR count). The van der Waals surface area contributed by atoms with Crippen molar-refractivity contribution in [2.75, 3.05) is 26.0 Å². The van der Waals surface area contributed by atoms with Gasteiger partial charge in [-0.25, -0.2) is 15.0 Å². The van der Waals surface area contributed by atoms with Crippen LogP contribution in [-0.4, -0.2) is 46.2 Å². The maximum Gasteiger partial charge on any atom is 0.153 e. The fourth-order valence-electron chi connectivity index (χ4n) is 3.24. The molecule has 1 saturated heterocycles. The van der Waals surface area contributed by atoms with Gasteiger partial charge < -0.3 is 10.5 Å². The van der Waals surface area contributed by atoms with Crippen molar-refractivity contribution in [3.05, 3.63) is 48.3 Å². The second-order valence-electron chi connectivity index (χ2n) is 6.46. The molecule has 1 aliphatic rings. The third kappa shape index (κ3) is 3.77. The van der Waals surface area contributed by atoms with E-state index in [1.54, 1.807) is 0 Å². The number of ether oxygens (including phenoxy) is 1. The van der Waals surface area contributed by atoms with Crippen molar-refractivity contribution < 1.29 is 4.74 Å². The SMILES string of the molecule is CN(Cc1cccc(-c2ccc3ncnc(N)c3n2)c1)C1CCOC1.Cl. The van der Waals surface area contributed by atoms with Gasteiger partial charge in [-0.3, -0.25) is 4.90 Å². The number of rotatable bonds is 4. The van der Waals surface area contributed by atoms with E-state index in [4.69, 9.17) is 10.5 Å². The lowest BCUT2D eigenvalue weighted by Crippen LogP contribution is -2.31. The Balaban J connectivity index is 0.00000196. The molecule has 0 bridgehead atoms. The normalized spacial score (nSPS) is 16.8. The van der Waals surface area contributed by atoms with Crippen LogP contribution in [0.1, 0.15) is 12.0 Å². The number of nitrogen functional groups attached to an aromatic ring is 1. The molecule has 0 amide bonds. The summed E-state index contributed by atoms with van der Waals surface area (Å²) in [4.78, 5) is 15.2. The molecule has 3 heterocycles. The van der Waals surface area contributed by atoms with Crippen molar-refractivity contribution in [1.82, 2.24) is 19.9 Å². The van der Waals surface area contributed by atoms with E-state index < -0.39 is 0 Å². The summed E-state index contributed by atoms with van der Waals surface area (Å²) in [5.74, 6) is 0.406. The van der Waals surface area contributed by atoms with Crippen molar-refractivity contribution in [3.63, 3.8) is 0 Å². The number of nitrogens with zero attached hydrogens (tertiary/aromatic N) is 4. The largest absolute Gasteiger partial charge is 0.382 e. The minimum absolute atomic E-state index is 0. The Hall–Kier alpha value is -2.28. The van der Waals surface area contributed by atoms with Crippen molar-refractivity contribution in [2.24, 2.45) is 0 Å². The van der Waals surface area contributed by atoms with Crippen molar-refractivity contribution in [3.8, 4) is 11.3 Å². The lowest BCUT2D eigenvalue weighted by atomic mass is 10.1. The van der Waals surface area contributed by atoms with E-state index in [0.29, 0.717) is 17.4 Å². The van der Waals surface area contributed by atoms with Gasteiger partial charge in [0.1, 0.15) is 11.8 Å². The number of aromatic nitrogens is 3. The maximum atomic E-state index is 5.94. The first-order chi connectivity index (χ1) is 12.2. The van der Waals surface area contributed by atoms with E-state index in [2.05, 4.69) is 51.2 Å². The standard InChI is InChI=1S/C19H21N5O.ClH/c1-24(15-7-8-25-11-15)10-13-3-2-4-14(9-13)16-5-6-17-18(23-16)19(20)22-12-21-17;/h2-6,9,12,15H,7-8,10-11H2,1H3,(H2,20,21,22);1H. The monoisotopic (exact) mass is 371 g/mol. The zero-order chi connectivity index (χ0) is 17.2. The van der Waals surface area contributed by atoms with Crippen LogP contribution in [0.2, 0.25) is 0 Å². The van der Waals surface area contributed by atoms with E-state index >= 15 is 0 Å². The Labute approximate surface area is 158 Å². The summed E-state index contributed by atoms with van der Waals surface area (Å²) in [5, 5.41) is 0. The van der Waals surface area contributed by atoms with E-state index in [1.165, 1.54) is 11.9 Å². The summed E-state index contributed by atoms with van der Waals surface area (Å²) in [5.41, 5.74) is 10.5. The predicted octanol–water partition coefficient (Wildman–Crippen LogP) is 2.92. The van der Waals surface area contributed by atoms with Gasteiger partial charge in [0.15, 0.2) is 5.82 Å². The number of anilines is 1. The number of pyridine rings is 1. The number of halogens is 1. The minimum atomic E-state index is 0. The molecule has 7 heteroatoms. The van der Waals surface area contributed by atoms with E-state index in [-0.39, 0.29) is 12.4 Å². The van der Waals surface area contributed by atoms with Crippen LogP contribution >= 0.6 is 12.4 Å². The van der Waals surface area contributed by atoms with Crippen LogP contribution in [-0.2, 0) is 11.3 Å². The predicted molar refractivity (Wildman–Crippen MR) is 105 cm³/mol. The summed E-state index contributed by atoms with van der Waals surface area (Å²) in [6, 6.07) is 12.9. The summed E-state index contributed by atoms with van der Waals surface area (Å²) in [6.07, 6.45) is 2.56. The van der Waals surface area contributed by atoms with Gasteiger partial charge in [-0.15, -0.1) is 12.4 Å². The highest BCUT2D eigenvalue weighted by atomic mass is 35.5. The third-order valence-corrected chi connectivity index (χ3v) is 4.69. The van der Waals surface area contributed by atoms with Crippen molar-refractivity contribution in [1.29, 1.82) is 0 Å². The molecular weight excluding hydrogens is 350 g/mol. The smallest absolute Gasteiger partial charge is 0.153 e. The van der Waals surface area contributed by atoms with Crippen LogP contribution in [0, 0.1) is 0 Å². The molecule has 2 aromatic heterocycles. The Kier molecular flexibility index (Phi) is 5.66. The Morgan fingerprint density at radius 3 is 2.92 bits per heavy atom. The first-order valence-electron chi connectivity index (χ1n) is 8.45. The number of nitrogens with two attached hydrogens (primary N) is 1. The number of fused-ring (bicyclic) bond motifs is 1. The molecule has 1 unspecified atom stereocenters. The number of hydrogen-bond donors (Lipinski definition) is 1. The molecule has 1 atom stereocenters. The van der Waals surface area contributed by atoms with Crippen LogP contribution in [0.25, 0.3) is 22.3 Å². The van der Waals surface area contributed by atoms with E-state index in [1.807, 2.05) is 12.1 Å². The molecule has 1 aromatic carbocycles. The lowest BCUT2D eigenvalue weighted by Gasteiger charge is -2.23. The zero-order valence-electron chi connectivity index (χ0n) is 14.6. The van der Waals surface area contributed by atoms with Crippen LogP contribution in [0.5, 0.6) is 0 Å². The minimum Gasteiger partial charge on any atom is -0.382 e. The molecule has 3 aromatic rings. The third-order valence-electron chi connectivity index (χ3n) is 4.69. The molecule has 1 fully saturated rings. The lowest BCUT2D eigenvalue weighted by molar-refractivity contribution is 0.156. The van der Waals surface area contributed by atoms with Gasteiger partial charge in [-0.05, 0) is 37.2 Å². The van der Waals surface area contributed by atoms with Crippen LogP contribution < -0.4 is 5.73 Å². The Morgan fingerprint density at radius 2 is 2.12 bits per heavy atom. The molecule has 136 valence electrons. The summed E-state index contributed by atoms with van der Waals surface area (Å²) in [7, 11) is 2.15. The number of benzene rings is 1. The first kappa shape index (κ1) is 18.5. The van der Waals surface area contributed by atoms with Gasteiger partial charge in [0.25, 0.3) is 0 Å². The number of likely N-dealkylation sites (N-methyl/N-ethyl adjacent to an activating group) is 1. The van der Waals surface area contributed by atoms with Crippen molar-refractivity contribution in [2.45, 2.75) is 19.0 Å². The fourth-order valence-corrected chi connectivity index (χ4v) is 3.24. The summed E-state index contributed by atoms with van der Waals surface area (Å²) in [6.45, 7) is 2.57. The average Bonchev–Trinajstić information content (AvgIpc) is 3.17. The van der Waals surface area contributed by atoms with Gasteiger partial charge >= 0.3 is 0 Å². The van der Waals surface area contributed by atoms with E-state index in [0.717, 1.165) is 43.0 Å². The molecule has 0 aliphatic carbocycles. The molecule has 1 aliphatic heterocycles. The van der Waals surface area contributed by atoms with Crippen LogP contribution in [0.4, 0.5) is 5.82 Å². The second kappa shape index (κ2) is 7.95. The number of hydrogen-bond acceptors (Lipinski definition) is 6. The highest BCUT2D eigenvalue weighted by Crippen LogP contribution is 2.24. The van der Waals surface area contributed by atoms with Crippen LogP contribution in [0.15, 0.2) is 42.7 Å². The first-order valence-corrected chi connectivity index (χ1v) is 8.45. The van der Waals surface area contributed by atoms with Crippen LogP contribution in [0.3, 0.4) is 0 Å². The fraction of sp³-hybridized carbons (Fsp3) is 0.316. The summed E-state index contributed by atoms with van der Waals surface area (Å²) < 4.78 is 5.49.